The van der Waals surface area contributed by atoms with Crippen LogP contribution in [0, 0.1) is 5.82 Å². The van der Waals surface area contributed by atoms with Crippen molar-refractivity contribution in [1.82, 2.24) is 19.3 Å². The quantitative estimate of drug-likeness (QED) is 0.787. The molecular formula is C14H14FN5O. The van der Waals surface area contributed by atoms with E-state index in [4.69, 9.17) is 0 Å². The lowest BCUT2D eigenvalue weighted by Crippen LogP contribution is -2.24. The van der Waals surface area contributed by atoms with Crippen molar-refractivity contribution in [1.29, 1.82) is 0 Å². The van der Waals surface area contributed by atoms with Gasteiger partial charge in [-0.2, -0.15) is 5.10 Å². The Hall–Kier alpha value is -2.70. The minimum Gasteiger partial charge on any atom is -0.383 e. The van der Waals surface area contributed by atoms with Crippen molar-refractivity contribution in [3.05, 3.63) is 53.0 Å². The Morgan fingerprint density at radius 3 is 3.05 bits per heavy atom. The first-order valence-electron chi connectivity index (χ1n) is 6.52. The van der Waals surface area contributed by atoms with Crippen molar-refractivity contribution in [2.45, 2.75) is 6.54 Å². The largest absolute Gasteiger partial charge is 0.383 e. The molecule has 3 aromatic rings. The lowest BCUT2D eigenvalue weighted by atomic mass is 10.3. The second kappa shape index (κ2) is 5.35. The molecule has 0 bridgehead atoms. The molecule has 0 unspecified atom stereocenters. The molecule has 0 atom stereocenters. The fourth-order valence-electron chi connectivity index (χ4n) is 2.14. The SMILES string of the molecule is Cn1ncc2c(=O)n(CCNc3cccc(F)c3)cnc21. The zero-order valence-electron chi connectivity index (χ0n) is 11.5. The van der Waals surface area contributed by atoms with Gasteiger partial charge in [0.1, 0.15) is 17.5 Å². The van der Waals surface area contributed by atoms with E-state index in [0.29, 0.717) is 29.8 Å². The standard InChI is InChI=1S/C14H14FN5O/c1-19-13-12(8-18-19)14(21)20(9-17-13)6-5-16-11-4-2-3-10(15)7-11/h2-4,7-9,16H,5-6H2,1H3. The van der Waals surface area contributed by atoms with Gasteiger partial charge in [0.15, 0.2) is 5.65 Å². The Morgan fingerprint density at radius 2 is 2.24 bits per heavy atom. The van der Waals surface area contributed by atoms with Gasteiger partial charge in [0.2, 0.25) is 0 Å². The third-order valence-electron chi connectivity index (χ3n) is 3.22. The van der Waals surface area contributed by atoms with Crippen LogP contribution in [0.1, 0.15) is 0 Å². The lowest BCUT2D eigenvalue weighted by Gasteiger charge is -2.08. The lowest BCUT2D eigenvalue weighted by molar-refractivity contribution is 0.627. The van der Waals surface area contributed by atoms with Crippen molar-refractivity contribution >= 4 is 16.7 Å². The molecule has 0 fully saturated rings. The number of hydrogen-bond donors (Lipinski definition) is 1. The fourth-order valence-corrected chi connectivity index (χ4v) is 2.14. The molecule has 0 aliphatic carbocycles. The number of fused-ring (bicyclic) bond motifs is 1. The highest BCUT2D eigenvalue weighted by molar-refractivity contribution is 5.72. The second-order valence-corrected chi connectivity index (χ2v) is 4.69. The van der Waals surface area contributed by atoms with Crippen molar-refractivity contribution in [2.24, 2.45) is 7.05 Å². The highest BCUT2D eigenvalue weighted by Crippen LogP contribution is 2.08. The average Bonchev–Trinajstić information content (AvgIpc) is 2.84. The van der Waals surface area contributed by atoms with Crippen LogP contribution >= 0.6 is 0 Å². The fraction of sp³-hybridized carbons (Fsp3) is 0.214. The van der Waals surface area contributed by atoms with E-state index in [1.54, 1.807) is 23.9 Å². The first-order chi connectivity index (χ1) is 10.1. The van der Waals surface area contributed by atoms with Crippen molar-refractivity contribution in [3.63, 3.8) is 0 Å². The molecule has 0 radical (unpaired) electrons. The Balaban J connectivity index is 1.74. The van der Waals surface area contributed by atoms with Crippen molar-refractivity contribution < 1.29 is 4.39 Å². The van der Waals surface area contributed by atoms with Crippen molar-refractivity contribution in [2.75, 3.05) is 11.9 Å². The molecule has 1 N–H and O–H groups in total. The third-order valence-corrected chi connectivity index (χ3v) is 3.22. The summed E-state index contributed by atoms with van der Waals surface area (Å²) < 4.78 is 16.1. The molecule has 0 amide bonds. The number of hydrogen-bond acceptors (Lipinski definition) is 4. The minimum atomic E-state index is -0.296. The summed E-state index contributed by atoms with van der Waals surface area (Å²) in [7, 11) is 1.74. The Kier molecular flexibility index (Phi) is 3.39. The molecule has 0 aliphatic heterocycles. The van der Waals surface area contributed by atoms with Crippen LogP contribution in [-0.2, 0) is 13.6 Å². The first kappa shape index (κ1) is 13.3. The van der Waals surface area contributed by atoms with E-state index >= 15 is 0 Å². The molecule has 7 heteroatoms. The Bertz CT molecular complexity index is 839. The van der Waals surface area contributed by atoms with Crippen LogP contribution in [0.25, 0.3) is 11.0 Å². The molecule has 0 saturated carbocycles. The van der Waals surface area contributed by atoms with Crippen LogP contribution < -0.4 is 10.9 Å². The molecule has 6 nitrogen and oxygen atoms in total. The average molecular weight is 287 g/mol. The maximum atomic E-state index is 13.0. The molecule has 0 aliphatic rings. The molecule has 0 spiro atoms. The van der Waals surface area contributed by atoms with Gasteiger partial charge in [-0.1, -0.05) is 6.07 Å². The van der Waals surface area contributed by atoms with E-state index in [1.807, 2.05) is 0 Å². The summed E-state index contributed by atoms with van der Waals surface area (Å²) in [6.45, 7) is 0.935. The molecule has 3 rings (SSSR count). The summed E-state index contributed by atoms with van der Waals surface area (Å²) in [5.41, 5.74) is 1.11. The maximum absolute atomic E-state index is 13.0. The van der Waals surface area contributed by atoms with Crippen LogP contribution in [-0.4, -0.2) is 25.9 Å². The summed E-state index contributed by atoms with van der Waals surface area (Å²) in [6.07, 6.45) is 3.01. The monoisotopic (exact) mass is 287 g/mol. The first-order valence-corrected chi connectivity index (χ1v) is 6.52. The Labute approximate surface area is 119 Å². The van der Waals surface area contributed by atoms with E-state index in [0.717, 1.165) is 0 Å². The highest BCUT2D eigenvalue weighted by atomic mass is 19.1. The predicted octanol–water partition coefficient (Wildman–Crippen LogP) is 1.38. The zero-order valence-corrected chi connectivity index (χ0v) is 11.5. The second-order valence-electron chi connectivity index (χ2n) is 4.69. The number of nitrogens with zero attached hydrogens (tertiary/aromatic N) is 4. The van der Waals surface area contributed by atoms with E-state index in [9.17, 15) is 9.18 Å². The van der Waals surface area contributed by atoms with Gasteiger partial charge in [0.25, 0.3) is 5.56 Å². The summed E-state index contributed by atoms with van der Waals surface area (Å²) in [5, 5.41) is 7.58. The number of anilines is 1. The number of nitrogens with one attached hydrogen (secondary N) is 1. The van der Waals surface area contributed by atoms with Gasteiger partial charge in [-0.15, -0.1) is 0 Å². The Morgan fingerprint density at radius 1 is 1.38 bits per heavy atom. The van der Waals surface area contributed by atoms with Crippen LogP contribution in [0.3, 0.4) is 0 Å². The smallest absolute Gasteiger partial charge is 0.264 e. The van der Waals surface area contributed by atoms with E-state index in [2.05, 4.69) is 15.4 Å². The predicted molar refractivity (Wildman–Crippen MR) is 77.7 cm³/mol. The zero-order chi connectivity index (χ0) is 14.8. The summed E-state index contributed by atoms with van der Waals surface area (Å²) in [6, 6.07) is 6.20. The van der Waals surface area contributed by atoms with Crippen LogP contribution in [0.4, 0.5) is 10.1 Å². The van der Waals surface area contributed by atoms with Gasteiger partial charge in [-0.05, 0) is 18.2 Å². The number of rotatable bonds is 4. The van der Waals surface area contributed by atoms with E-state index < -0.39 is 0 Å². The summed E-state index contributed by atoms with van der Waals surface area (Å²) in [4.78, 5) is 16.4. The summed E-state index contributed by atoms with van der Waals surface area (Å²) in [5.74, 6) is -0.296. The molecule has 2 aromatic heterocycles. The minimum absolute atomic E-state index is 0.130. The molecule has 2 heterocycles. The number of aryl methyl sites for hydroxylation is 1. The van der Waals surface area contributed by atoms with Crippen LogP contribution in [0.5, 0.6) is 0 Å². The number of benzene rings is 1. The van der Waals surface area contributed by atoms with Crippen LogP contribution in [0.15, 0.2) is 41.6 Å². The summed E-state index contributed by atoms with van der Waals surface area (Å²) >= 11 is 0. The number of halogens is 1. The third kappa shape index (κ3) is 2.62. The topological polar surface area (TPSA) is 64.7 Å². The molecule has 108 valence electrons. The highest BCUT2D eigenvalue weighted by Gasteiger charge is 2.07. The van der Waals surface area contributed by atoms with Gasteiger partial charge in [0, 0.05) is 25.8 Å². The van der Waals surface area contributed by atoms with Gasteiger partial charge in [0.05, 0.1) is 6.20 Å². The molecule has 21 heavy (non-hydrogen) atoms. The molecular weight excluding hydrogens is 273 g/mol. The van der Waals surface area contributed by atoms with E-state index in [1.165, 1.54) is 29.2 Å². The van der Waals surface area contributed by atoms with Crippen molar-refractivity contribution in [3.8, 4) is 0 Å². The van der Waals surface area contributed by atoms with Gasteiger partial charge < -0.3 is 5.32 Å². The normalized spacial score (nSPS) is 11.0. The van der Waals surface area contributed by atoms with Gasteiger partial charge in [-0.3, -0.25) is 14.0 Å². The molecule has 1 aromatic carbocycles. The number of aromatic nitrogens is 4. The van der Waals surface area contributed by atoms with Gasteiger partial charge in [-0.25, -0.2) is 9.37 Å². The van der Waals surface area contributed by atoms with E-state index in [-0.39, 0.29) is 11.4 Å². The van der Waals surface area contributed by atoms with Gasteiger partial charge >= 0.3 is 0 Å². The maximum Gasteiger partial charge on any atom is 0.264 e. The van der Waals surface area contributed by atoms with Crippen LogP contribution in [0.2, 0.25) is 0 Å². The molecule has 0 saturated heterocycles.